The molecule has 3 N–H and O–H groups in total. The first kappa shape index (κ1) is 17.0. The Balaban J connectivity index is 1.69. The third kappa shape index (κ3) is 3.19. The molecule has 0 aromatic carbocycles. The average Bonchev–Trinajstić information content (AvgIpc) is 3.06. The van der Waals surface area contributed by atoms with Crippen molar-refractivity contribution in [3.63, 3.8) is 0 Å². The van der Waals surface area contributed by atoms with Crippen molar-refractivity contribution in [2.45, 2.75) is 13.3 Å². The van der Waals surface area contributed by atoms with Gasteiger partial charge in [-0.3, -0.25) is 0 Å². The van der Waals surface area contributed by atoms with Gasteiger partial charge in [0.15, 0.2) is 0 Å². The molecular weight excluding hydrogens is 345 g/mol. The Hall–Kier alpha value is -3.48. The number of hydrogen-bond donors (Lipinski definition) is 2. The van der Waals surface area contributed by atoms with Crippen LogP contribution >= 0.6 is 0 Å². The minimum absolute atomic E-state index is 0.365. The first-order chi connectivity index (χ1) is 13.0. The topological polar surface area (TPSA) is 89.7 Å². The van der Waals surface area contributed by atoms with Gasteiger partial charge in [-0.15, -0.1) is 0 Å². The summed E-state index contributed by atoms with van der Waals surface area (Å²) >= 11 is 0. The molecule has 6 nitrogen and oxygen atoms in total. The van der Waals surface area contributed by atoms with Crippen molar-refractivity contribution in [3.8, 4) is 17.3 Å². The number of pyridine rings is 3. The van der Waals surface area contributed by atoms with E-state index >= 15 is 0 Å². The fourth-order valence-electron chi connectivity index (χ4n) is 3.01. The van der Waals surface area contributed by atoms with Gasteiger partial charge in [0.05, 0.1) is 18.5 Å². The second-order valence-electron chi connectivity index (χ2n) is 6.34. The standard InChI is InChI=1S/C20H18FN5O/c1-11-7-14-13(10-24-20(14)23-9-11)8-12-3-5-16(25-19(12)21)18-15(22)4-6-17(26-18)27-2/h3-7,9-10H,8,22H2,1-2H3,(H,23,24). The van der Waals surface area contributed by atoms with Crippen molar-refractivity contribution in [3.05, 3.63) is 65.4 Å². The smallest absolute Gasteiger partial charge is 0.217 e. The molecule has 0 radical (unpaired) electrons. The number of methoxy groups -OCH3 is 1. The number of nitrogens with one attached hydrogen (secondary N) is 1. The van der Waals surface area contributed by atoms with Crippen molar-refractivity contribution in [1.82, 2.24) is 19.9 Å². The second-order valence-corrected chi connectivity index (χ2v) is 6.34. The van der Waals surface area contributed by atoms with Crippen LogP contribution in [0, 0.1) is 12.9 Å². The van der Waals surface area contributed by atoms with Crippen LogP contribution in [-0.4, -0.2) is 27.0 Å². The van der Waals surface area contributed by atoms with Crippen molar-refractivity contribution in [1.29, 1.82) is 0 Å². The Morgan fingerprint density at radius 2 is 2.00 bits per heavy atom. The first-order valence-corrected chi connectivity index (χ1v) is 8.44. The normalized spacial score (nSPS) is 11.1. The Morgan fingerprint density at radius 3 is 2.78 bits per heavy atom. The van der Waals surface area contributed by atoms with Gasteiger partial charge in [0.2, 0.25) is 11.8 Å². The predicted octanol–water partition coefficient (Wildman–Crippen LogP) is 3.65. The number of nitrogen functional groups attached to an aromatic ring is 1. The lowest BCUT2D eigenvalue weighted by atomic mass is 10.0. The van der Waals surface area contributed by atoms with Gasteiger partial charge in [0, 0.05) is 35.8 Å². The number of halogens is 1. The van der Waals surface area contributed by atoms with Gasteiger partial charge >= 0.3 is 0 Å². The highest BCUT2D eigenvalue weighted by Gasteiger charge is 2.14. The molecule has 0 aliphatic carbocycles. The summed E-state index contributed by atoms with van der Waals surface area (Å²) in [6, 6.07) is 8.77. The Labute approximate surface area is 155 Å². The van der Waals surface area contributed by atoms with Gasteiger partial charge < -0.3 is 15.5 Å². The van der Waals surface area contributed by atoms with E-state index in [-0.39, 0.29) is 0 Å². The van der Waals surface area contributed by atoms with E-state index in [2.05, 4.69) is 19.9 Å². The molecule has 0 fully saturated rings. The fraction of sp³-hybridized carbons (Fsp3) is 0.150. The van der Waals surface area contributed by atoms with E-state index in [9.17, 15) is 4.39 Å². The molecule has 0 aliphatic heterocycles. The average molecular weight is 363 g/mol. The number of anilines is 1. The molecule has 0 amide bonds. The third-order valence-electron chi connectivity index (χ3n) is 4.41. The highest BCUT2D eigenvalue weighted by atomic mass is 19.1. The van der Waals surface area contributed by atoms with Crippen LogP contribution in [0.2, 0.25) is 0 Å². The minimum atomic E-state index is -0.550. The molecule has 0 bridgehead atoms. The zero-order valence-electron chi connectivity index (χ0n) is 15.0. The van der Waals surface area contributed by atoms with Crippen molar-refractivity contribution in [2.75, 3.05) is 12.8 Å². The van der Waals surface area contributed by atoms with E-state index in [1.807, 2.05) is 19.2 Å². The molecule has 27 heavy (non-hydrogen) atoms. The molecule has 0 saturated heterocycles. The molecular formula is C20H18FN5O. The molecule has 0 aliphatic rings. The van der Waals surface area contributed by atoms with Gasteiger partial charge in [0.25, 0.3) is 0 Å². The first-order valence-electron chi connectivity index (χ1n) is 8.44. The molecule has 0 unspecified atom stereocenters. The lowest BCUT2D eigenvalue weighted by molar-refractivity contribution is 0.398. The van der Waals surface area contributed by atoms with Crippen LogP contribution in [-0.2, 0) is 6.42 Å². The van der Waals surface area contributed by atoms with Crippen molar-refractivity contribution in [2.24, 2.45) is 0 Å². The number of rotatable bonds is 4. The fourth-order valence-corrected chi connectivity index (χ4v) is 3.01. The molecule has 4 aromatic rings. The largest absolute Gasteiger partial charge is 0.481 e. The number of H-pyrrole nitrogens is 1. The monoisotopic (exact) mass is 363 g/mol. The van der Waals surface area contributed by atoms with Crippen LogP contribution in [0.1, 0.15) is 16.7 Å². The van der Waals surface area contributed by atoms with Crippen LogP contribution in [0.4, 0.5) is 10.1 Å². The Morgan fingerprint density at radius 1 is 1.15 bits per heavy atom. The Bertz CT molecular complexity index is 1140. The van der Waals surface area contributed by atoms with Crippen molar-refractivity contribution >= 4 is 16.7 Å². The summed E-state index contributed by atoms with van der Waals surface area (Å²) in [4.78, 5) is 15.8. The molecule has 136 valence electrons. The van der Waals surface area contributed by atoms with Crippen LogP contribution in [0.15, 0.2) is 42.7 Å². The van der Waals surface area contributed by atoms with E-state index in [0.717, 1.165) is 22.2 Å². The van der Waals surface area contributed by atoms with Crippen LogP contribution < -0.4 is 10.5 Å². The summed E-state index contributed by atoms with van der Waals surface area (Å²) in [5.74, 6) is -0.154. The molecule has 4 heterocycles. The number of fused-ring (bicyclic) bond motifs is 1. The maximum Gasteiger partial charge on any atom is 0.217 e. The maximum absolute atomic E-state index is 14.7. The number of hydrogen-bond acceptors (Lipinski definition) is 5. The van der Waals surface area contributed by atoms with Gasteiger partial charge in [-0.05, 0) is 36.2 Å². The summed E-state index contributed by atoms with van der Waals surface area (Å²) < 4.78 is 19.8. The number of ether oxygens (including phenoxy) is 1. The molecule has 0 saturated carbocycles. The van der Waals surface area contributed by atoms with Gasteiger partial charge in [-0.1, -0.05) is 6.07 Å². The molecule has 7 heteroatoms. The summed E-state index contributed by atoms with van der Waals surface area (Å²) in [7, 11) is 1.51. The predicted molar refractivity (Wildman–Crippen MR) is 102 cm³/mol. The van der Waals surface area contributed by atoms with Crippen LogP contribution in [0.5, 0.6) is 5.88 Å². The molecule has 4 aromatic heterocycles. The SMILES string of the molecule is COc1ccc(N)c(-c2ccc(Cc3c[nH]c4ncc(C)cc34)c(F)n2)n1. The molecule has 0 atom stereocenters. The van der Waals surface area contributed by atoms with Crippen molar-refractivity contribution < 1.29 is 9.13 Å². The number of nitrogens with two attached hydrogens (primary N) is 1. The number of nitrogens with zero attached hydrogens (tertiary/aromatic N) is 3. The van der Waals surface area contributed by atoms with E-state index < -0.39 is 5.95 Å². The highest BCUT2D eigenvalue weighted by molar-refractivity contribution is 5.80. The zero-order chi connectivity index (χ0) is 19.0. The quantitative estimate of drug-likeness (QED) is 0.540. The summed E-state index contributed by atoms with van der Waals surface area (Å²) in [6.45, 7) is 1.98. The van der Waals surface area contributed by atoms with E-state index in [0.29, 0.717) is 34.9 Å². The Kier molecular flexibility index (Phi) is 4.19. The second kappa shape index (κ2) is 6.68. The third-order valence-corrected chi connectivity index (χ3v) is 4.41. The number of aromatic amines is 1. The lowest BCUT2D eigenvalue weighted by Gasteiger charge is -2.08. The summed E-state index contributed by atoms with van der Waals surface area (Å²) in [5.41, 5.74) is 10.4. The van der Waals surface area contributed by atoms with Crippen LogP contribution in [0.3, 0.4) is 0 Å². The van der Waals surface area contributed by atoms with Gasteiger partial charge in [0.1, 0.15) is 11.3 Å². The van der Waals surface area contributed by atoms with Crippen LogP contribution in [0.25, 0.3) is 22.4 Å². The van der Waals surface area contributed by atoms with E-state index in [1.165, 1.54) is 7.11 Å². The minimum Gasteiger partial charge on any atom is -0.481 e. The zero-order valence-corrected chi connectivity index (χ0v) is 15.0. The molecule has 4 rings (SSSR count). The van der Waals surface area contributed by atoms with Gasteiger partial charge in [-0.25, -0.2) is 15.0 Å². The number of aryl methyl sites for hydroxylation is 1. The van der Waals surface area contributed by atoms with E-state index in [4.69, 9.17) is 10.5 Å². The van der Waals surface area contributed by atoms with Gasteiger partial charge in [-0.2, -0.15) is 4.39 Å². The maximum atomic E-state index is 14.7. The highest BCUT2D eigenvalue weighted by Crippen LogP contribution is 2.27. The summed E-state index contributed by atoms with van der Waals surface area (Å²) in [5, 5.41) is 0.984. The summed E-state index contributed by atoms with van der Waals surface area (Å²) in [6.07, 6.45) is 4.06. The number of aromatic nitrogens is 4. The lowest BCUT2D eigenvalue weighted by Crippen LogP contribution is -2.01. The molecule has 0 spiro atoms. The van der Waals surface area contributed by atoms with E-state index in [1.54, 1.807) is 30.5 Å².